The molecule has 20 heavy (non-hydrogen) atoms. The van der Waals surface area contributed by atoms with Gasteiger partial charge in [0.05, 0.1) is 0 Å². The zero-order valence-electron chi connectivity index (χ0n) is 11.6. The van der Waals surface area contributed by atoms with E-state index in [1.807, 2.05) is 12.1 Å². The molecule has 0 bridgehead atoms. The van der Waals surface area contributed by atoms with Gasteiger partial charge < -0.3 is 0 Å². The Balaban J connectivity index is 1.89. The van der Waals surface area contributed by atoms with Gasteiger partial charge in [0.25, 0.3) is 0 Å². The predicted octanol–water partition coefficient (Wildman–Crippen LogP) is 3.70. The third kappa shape index (κ3) is 4.97. The van der Waals surface area contributed by atoms with Crippen molar-refractivity contribution in [2.45, 2.75) is 18.9 Å². The molecule has 0 aliphatic carbocycles. The van der Waals surface area contributed by atoms with Crippen molar-refractivity contribution in [1.82, 2.24) is 0 Å². The van der Waals surface area contributed by atoms with Gasteiger partial charge in [-0.1, -0.05) is 0 Å². The number of allylic oxidation sites excluding steroid dienone is 1. The molecule has 0 aromatic heterocycles. The van der Waals surface area contributed by atoms with Crippen LogP contribution in [-0.4, -0.2) is 20.5 Å². The minimum atomic E-state index is 0.180. The Morgan fingerprint density at radius 1 is 1.00 bits per heavy atom. The van der Waals surface area contributed by atoms with E-state index in [1.54, 1.807) is 0 Å². The van der Waals surface area contributed by atoms with Gasteiger partial charge in [-0.2, -0.15) is 0 Å². The first kappa shape index (κ1) is 15.1. The molecule has 0 saturated carbocycles. The van der Waals surface area contributed by atoms with Gasteiger partial charge in [-0.05, 0) is 0 Å². The Bertz CT molecular complexity index is 495. The fourth-order valence-electron chi connectivity index (χ4n) is 1.98. The average molecular weight is 331 g/mol. The second kappa shape index (κ2) is 8.76. The Morgan fingerprint density at radius 2 is 1.65 bits per heavy atom. The van der Waals surface area contributed by atoms with Crippen molar-refractivity contribution in [3.05, 3.63) is 78.9 Å². The standard InChI is InChI=1S/C18H20OSe/c1-2-3-14-18(16-10-6-4-7-11-16)19-15-20-17-12-8-5-9-13-17/h2,4-13,18H,1,3,14-15H2. The molecule has 0 aliphatic heterocycles. The molecule has 0 fully saturated rings. The zero-order valence-corrected chi connectivity index (χ0v) is 13.3. The molecule has 0 radical (unpaired) electrons. The van der Waals surface area contributed by atoms with Crippen molar-refractivity contribution in [2.24, 2.45) is 0 Å². The molecule has 0 aliphatic rings. The van der Waals surface area contributed by atoms with E-state index in [2.05, 4.69) is 61.2 Å². The summed E-state index contributed by atoms with van der Waals surface area (Å²) < 4.78 is 7.50. The molecule has 1 unspecified atom stereocenters. The van der Waals surface area contributed by atoms with Gasteiger partial charge in [0.15, 0.2) is 0 Å². The third-order valence-electron chi connectivity index (χ3n) is 3.04. The number of rotatable bonds is 8. The summed E-state index contributed by atoms with van der Waals surface area (Å²) in [6.45, 7) is 3.80. The molecule has 104 valence electrons. The fourth-order valence-corrected chi connectivity index (χ4v) is 3.49. The second-order valence-corrected chi connectivity index (χ2v) is 6.60. The predicted molar refractivity (Wildman–Crippen MR) is 86.4 cm³/mol. The van der Waals surface area contributed by atoms with E-state index in [-0.39, 0.29) is 6.10 Å². The summed E-state index contributed by atoms with van der Waals surface area (Å²) in [6.07, 6.45) is 4.12. The monoisotopic (exact) mass is 332 g/mol. The summed E-state index contributed by atoms with van der Waals surface area (Å²) >= 11 is 0.377. The van der Waals surface area contributed by atoms with Crippen molar-refractivity contribution >= 4 is 19.4 Å². The SMILES string of the molecule is C=CCCC(OC[Se]c1ccccc1)c1ccccc1. The van der Waals surface area contributed by atoms with Crippen molar-refractivity contribution in [3.8, 4) is 0 Å². The van der Waals surface area contributed by atoms with Crippen LogP contribution >= 0.6 is 0 Å². The maximum atomic E-state index is 6.11. The number of hydrogen-bond donors (Lipinski definition) is 0. The van der Waals surface area contributed by atoms with Gasteiger partial charge in [-0.3, -0.25) is 0 Å². The molecule has 0 amide bonds. The average Bonchev–Trinajstić information content (AvgIpc) is 2.52. The summed E-state index contributed by atoms with van der Waals surface area (Å²) in [7, 11) is 0. The molecule has 2 heteroatoms. The van der Waals surface area contributed by atoms with Crippen LogP contribution in [0.5, 0.6) is 0 Å². The van der Waals surface area contributed by atoms with E-state index in [0.717, 1.165) is 18.3 Å². The molecular formula is C18H20OSe. The molecule has 1 atom stereocenters. The van der Waals surface area contributed by atoms with Crippen LogP contribution < -0.4 is 4.46 Å². The van der Waals surface area contributed by atoms with Crippen molar-refractivity contribution in [1.29, 1.82) is 0 Å². The number of hydrogen-bond acceptors (Lipinski definition) is 1. The van der Waals surface area contributed by atoms with E-state index in [0.29, 0.717) is 15.0 Å². The quantitative estimate of drug-likeness (QED) is 0.529. The van der Waals surface area contributed by atoms with Crippen molar-refractivity contribution < 1.29 is 4.74 Å². The van der Waals surface area contributed by atoms with Gasteiger partial charge in [0.1, 0.15) is 0 Å². The molecule has 2 aromatic carbocycles. The van der Waals surface area contributed by atoms with Crippen LogP contribution in [0.15, 0.2) is 73.3 Å². The minimum absolute atomic E-state index is 0.180. The first-order valence-electron chi connectivity index (χ1n) is 6.85. The zero-order chi connectivity index (χ0) is 14.0. The van der Waals surface area contributed by atoms with Gasteiger partial charge in [0, 0.05) is 0 Å². The first-order chi connectivity index (χ1) is 9.90. The van der Waals surface area contributed by atoms with Crippen LogP contribution in [0.3, 0.4) is 0 Å². The van der Waals surface area contributed by atoms with Crippen LogP contribution in [0.25, 0.3) is 0 Å². The van der Waals surface area contributed by atoms with E-state index in [1.165, 1.54) is 10.0 Å². The number of ether oxygens (including phenoxy) is 1. The van der Waals surface area contributed by atoms with Crippen molar-refractivity contribution in [3.63, 3.8) is 0 Å². The summed E-state index contributed by atoms with van der Waals surface area (Å²) in [5, 5.41) is 0. The first-order valence-corrected chi connectivity index (χ1v) is 8.92. The van der Waals surface area contributed by atoms with Gasteiger partial charge in [-0.15, -0.1) is 0 Å². The molecule has 0 spiro atoms. The van der Waals surface area contributed by atoms with Gasteiger partial charge in [-0.25, -0.2) is 0 Å². The molecule has 0 N–H and O–H groups in total. The van der Waals surface area contributed by atoms with E-state index in [9.17, 15) is 0 Å². The Hall–Kier alpha value is -1.34. The van der Waals surface area contributed by atoms with Gasteiger partial charge >= 0.3 is 127 Å². The van der Waals surface area contributed by atoms with Crippen LogP contribution in [0, 0.1) is 0 Å². The summed E-state index contributed by atoms with van der Waals surface area (Å²) in [4.78, 5) is 0. The Morgan fingerprint density at radius 3 is 2.30 bits per heavy atom. The summed E-state index contributed by atoms with van der Waals surface area (Å²) in [5.74, 6) is 0. The van der Waals surface area contributed by atoms with Crippen LogP contribution in [0.2, 0.25) is 0 Å². The molecule has 2 aromatic rings. The van der Waals surface area contributed by atoms with Crippen LogP contribution in [-0.2, 0) is 4.74 Å². The molecular weight excluding hydrogens is 311 g/mol. The summed E-state index contributed by atoms with van der Waals surface area (Å²) in [6, 6.07) is 21.0. The normalized spacial score (nSPS) is 12.0. The maximum absolute atomic E-state index is 6.11. The Labute approximate surface area is 127 Å². The van der Waals surface area contributed by atoms with E-state index >= 15 is 0 Å². The molecule has 0 heterocycles. The second-order valence-electron chi connectivity index (χ2n) is 4.51. The fraction of sp³-hybridized carbons (Fsp3) is 0.222. The van der Waals surface area contributed by atoms with Gasteiger partial charge in [0.2, 0.25) is 0 Å². The Kier molecular flexibility index (Phi) is 6.59. The number of benzene rings is 2. The van der Waals surface area contributed by atoms with E-state index < -0.39 is 0 Å². The third-order valence-corrected chi connectivity index (χ3v) is 4.85. The summed E-state index contributed by atoms with van der Waals surface area (Å²) in [5.41, 5.74) is 2.08. The topological polar surface area (TPSA) is 9.23 Å². The molecule has 0 saturated heterocycles. The molecule has 2 rings (SSSR count). The van der Waals surface area contributed by atoms with Crippen LogP contribution in [0.4, 0.5) is 0 Å². The molecule has 1 nitrogen and oxygen atoms in total. The van der Waals surface area contributed by atoms with E-state index in [4.69, 9.17) is 4.74 Å². The van der Waals surface area contributed by atoms with Crippen LogP contribution in [0.1, 0.15) is 24.5 Å². The van der Waals surface area contributed by atoms with Crippen molar-refractivity contribution in [2.75, 3.05) is 5.51 Å².